The molecule has 0 aliphatic carbocycles. The van der Waals surface area contributed by atoms with E-state index in [0.717, 1.165) is 6.07 Å². The number of nitrogens with zero attached hydrogens (tertiary/aromatic N) is 1. The van der Waals surface area contributed by atoms with Gasteiger partial charge in [-0.15, -0.1) is 0 Å². The standard InChI is InChI=1S/C7H7BFNO2/c1-12-7(11)4-2-5(9)6(8)10-3-4/h2-3H,8H2,1H3. The minimum absolute atomic E-state index is 0.126. The van der Waals surface area contributed by atoms with Crippen LogP contribution in [-0.4, -0.2) is 25.9 Å². The predicted molar refractivity (Wildman–Crippen MR) is 43.7 cm³/mol. The number of ether oxygens (including phenoxy) is 1. The number of hydrogen-bond donors (Lipinski definition) is 0. The fraction of sp³-hybridized carbons (Fsp3) is 0.143. The number of carbonyl (C=O) groups excluding carboxylic acids is 1. The molecule has 0 fully saturated rings. The summed E-state index contributed by atoms with van der Waals surface area (Å²) in [6, 6.07) is 1.11. The van der Waals surface area contributed by atoms with E-state index in [4.69, 9.17) is 0 Å². The van der Waals surface area contributed by atoms with Crippen molar-refractivity contribution in [1.82, 2.24) is 4.98 Å². The van der Waals surface area contributed by atoms with Gasteiger partial charge in [-0.1, -0.05) is 0 Å². The highest BCUT2D eigenvalue weighted by Gasteiger charge is 2.07. The molecule has 62 valence electrons. The van der Waals surface area contributed by atoms with Crippen molar-refractivity contribution in [3.63, 3.8) is 0 Å². The molecule has 0 aromatic carbocycles. The number of pyridine rings is 1. The molecule has 1 rings (SSSR count). The third-order valence-electron chi connectivity index (χ3n) is 1.45. The highest BCUT2D eigenvalue weighted by molar-refractivity contribution is 6.30. The molecular formula is C7H7BFNO2. The lowest BCUT2D eigenvalue weighted by atomic mass is 10.0. The lowest BCUT2D eigenvalue weighted by molar-refractivity contribution is 0.0600. The van der Waals surface area contributed by atoms with Gasteiger partial charge in [0.05, 0.1) is 12.7 Å². The summed E-state index contributed by atoms with van der Waals surface area (Å²) >= 11 is 0. The molecule has 0 aliphatic heterocycles. The van der Waals surface area contributed by atoms with Crippen molar-refractivity contribution in [2.75, 3.05) is 7.11 Å². The third kappa shape index (κ3) is 1.61. The minimum atomic E-state index is -0.582. The fourth-order valence-corrected chi connectivity index (χ4v) is 0.736. The average Bonchev–Trinajstić information content (AvgIpc) is 2.08. The summed E-state index contributed by atoms with van der Waals surface area (Å²) in [5.41, 5.74) is 0.392. The largest absolute Gasteiger partial charge is 0.465 e. The van der Waals surface area contributed by atoms with E-state index in [1.807, 2.05) is 0 Å². The van der Waals surface area contributed by atoms with Gasteiger partial charge in [-0.2, -0.15) is 0 Å². The van der Waals surface area contributed by atoms with Crippen LogP contribution < -0.4 is 5.59 Å². The molecule has 0 N–H and O–H groups in total. The van der Waals surface area contributed by atoms with Gasteiger partial charge in [0.25, 0.3) is 0 Å². The quantitative estimate of drug-likeness (QED) is 0.408. The Labute approximate surface area is 70.0 Å². The normalized spacial score (nSPS) is 9.50. The Bertz CT molecular complexity index is 316. The van der Waals surface area contributed by atoms with E-state index >= 15 is 0 Å². The lowest BCUT2D eigenvalue weighted by Gasteiger charge is -1.99. The Morgan fingerprint density at radius 1 is 1.75 bits per heavy atom. The Balaban J connectivity index is 3.05. The van der Waals surface area contributed by atoms with E-state index in [2.05, 4.69) is 9.72 Å². The second-order valence-electron chi connectivity index (χ2n) is 2.28. The molecule has 1 aromatic heterocycles. The van der Waals surface area contributed by atoms with Gasteiger partial charge in [-0.25, -0.2) is 9.18 Å². The zero-order valence-corrected chi connectivity index (χ0v) is 6.80. The molecule has 0 unspecified atom stereocenters. The van der Waals surface area contributed by atoms with Crippen LogP contribution in [0.25, 0.3) is 0 Å². The molecule has 0 atom stereocenters. The summed E-state index contributed by atoms with van der Waals surface area (Å²) in [5.74, 6) is -1.08. The molecule has 0 saturated heterocycles. The van der Waals surface area contributed by atoms with Crippen LogP contribution in [0.3, 0.4) is 0 Å². The van der Waals surface area contributed by atoms with E-state index < -0.39 is 11.8 Å². The molecule has 0 bridgehead atoms. The lowest BCUT2D eigenvalue weighted by Crippen LogP contribution is -2.15. The Morgan fingerprint density at radius 3 is 2.92 bits per heavy atom. The number of methoxy groups -OCH3 is 1. The summed E-state index contributed by atoms with van der Waals surface area (Å²) < 4.78 is 17.2. The first-order valence-electron chi connectivity index (χ1n) is 3.35. The zero-order valence-electron chi connectivity index (χ0n) is 6.80. The molecule has 1 heterocycles. The summed E-state index contributed by atoms with van der Waals surface area (Å²) in [5, 5.41) is 0. The molecule has 0 spiro atoms. The van der Waals surface area contributed by atoms with Gasteiger partial charge >= 0.3 is 5.97 Å². The summed E-state index contributed by atoms with van der Waals surface area (Å²) in [7, 11) is 2.76. The van der Waals surface area contributed by atoms with Gasteiger partial charge in [0.1, 0.15) is 5.82 Å². The van der Waals surface area contributed by atoms with Gasteiger partial charge in [0.15, 0.2) is 7.85 Å². The summed E-state index contributed by atoms with van der Waals surface area (Å²) in [4.78, 5) is 14.5. The highest BCUT2D eigenvalue weighted by atomic mass is 19.1. The number of esters is 1. The zero-order chi connectivity index (χ0) is 9.14. The van der Waals surface area contributed by atoms with Crippen molar-refractivity contribution in [2.24, 2.45) is 0 Å². The van der Waals surface area contributed by atoms with Crippen LogP contribution in [0.1, 0.15) is 10.4 Å². The molecule has 0 aliphatic rings. The smallest absolute Gasteiger partial charge is 0.339 e. The molecule has 12 heavy (non-hydrogen) atoms. The molecule has 0 saturated carbocycles. The van der Waals surface area contributed by atoms with Crippen LogP contribution in [0, 0.1) is 5.82 Å². The first kappa shape index (κ1) is 8.71. The maximum Gasteiger partial charge on any atom is 0.339 e. The van der Waals surface area contributed by atoms with Gasteiger partial charge in [-0.05, 0) is 6.07 Å². The van der Waals surface area contributed by atoms with E-state index in [1.165, 1.54) is 21.2 Å². The number of halogens is 1. The molecule has 5 heteroatoms. The van der Waals surface area contributed by atoms with Crippen molar-refractivity contribution in [3.8, 4) is 0 Å². The predicted octanol–water partition coefficient (Wildman–Crippen LogP) is -0.734. The topological polar surface area (TPSA) is 39.2 Å². The van der Waals surface area contributed by atoms with Crippen LogP contribution in [0.15, 0.2) is 12.3 Å². The Kier molecular flexibility index (Phi) is 2.42. The van der Waals surface area contributed by atoms with Crippen molar-refractivity contribution in [3.05, 3.63) is 23.6 Å². The number of hydrogen-bond acceptors (Lipinski definition) is 3. The molecule has 0 radical (unpaired) electrons. The number of carbonyl (C=O) groups is 1. The second-order valence-corrected chi connectivity index (χ2v) is 2.28. The Hall–Kier alpha value is -1.39. The maximum absolute atomic E-state index is 12.8. The third-order valence-corrected chi connectivity index (χ3v) is 1.45. The van der Waals surface area contributed by atoms with Crippen LogP contribution in [-0.2, 0) is 4.74 Å². The number of rotatable bonds is 1. The van der Waals surface area contributed by atoms with Crippen LogP contribution >= 0.6 is 0 Å². The van der Waals surface area contributed by atoms with E-state index in [9.17, 15) is 9.18 Å². The molecule has 1 aromatic rings. The second kappa shape index (κ2) is 3.34. The fourth-order valence-electron chi connectivity index (χ4n) is 0.736. The first-order chi connectivity index (χ1) is 5.65. The van der Waals surface area contributed by atoms with Crippen LogP contribution in [0.5, 0.6) is 0 Å². The molecule has 0 amide bonds. The van der Waals surface area contributed by atoms with Crippen molar-refractivity contribution >= 4 is 19.4 Å². The van der Waals surface area contributed by atoms with Gasteiger partial charge in [0, 0.05) is 11.8 Å². The van der Waals surface area contributed by atoms with Crippen molar-refractivity contribution < 1.29 is 13.9 Å². The number of aromatic nitrogens is 1. The van der Waals surface area contributed by atoms with Crippen molar-refractivity contribution in [1.29, 1.82) is 0 Å². The maximum atomic E-state index is 12.8. The minimum Gasteiger partial charge on any atom is -0.465 e. The molecule has 3 nitrogen and oxygen atoms in total. The van der Waals surface area contributed by atoms with Gasteiger partial charge < -0.3 is 4.74 Å². The highest BCUT2D eigenvalue weighted by Crippen LogP contribution is 1.99. The molecular weight excluding hydrogens is 160 g/mol. The summed E-state index contributed by atoms with van der Waals surface area (Å²) in [6.45, 7) is 0. The summed E-state index contributed by atoms with van der Waals surface area (Å²) in [6.07, 6.45) is 1.28. The average molecular weight is 167 g/mol. The van der Waals surface area contributed by atoms with Crippen molar-refractivity contribution in [2.45, 2.75) is 0 Å². The van der Waals surface area contributed by atoms with Crippen LogP contribution in [0.2, 0.25) is 0 Å². The van der Waals surface area contributed by atoms with E-state index in [1.54, 1.807) is 0 Å². The monoisotopic (exact) mass is 167 g/mol. The van der Waals surface area contributed by atoms with Crippen LogP contribution in [0.4, 0.5) is 4.39 Å². The van der Waals surface area contributed by atoms with Gasteiger partial charge in [0.2, 0.25) is 0 Å². The first-order valence-corrected chi connectivity index (χ1v) is 3.35. The van der Waals surface area contributed by atoms with E-state index in [-0.39, 0.29) is 11.2 Å². The Morgan fingerprint density at radius 2 is 2.42 bits per heavy atom. The van der Waals surface area contributed by atoms with E-state index in [0.29, 0.717) is 0 Å². The van der Waals surface area contributed by atoms with Gasteiger partial charge in [-0.3, -0.25) is 4.98 Å². The SMILES string of the molecule is Bc1ncc(C(=O)OC)cc1F.